The van der Waals surface area contributed by atoms with Gasteiger partial charge in [-0.2, -0.15) is 0 Å². The van der Waals surface area contributed by atoms with Crippen LogP contribution in [0.1, 0.15) is 43.2 Å². The first-order valence-corrected chi connectivity index (χ1v) is 10.9. The molecule has 29 heavy (non-hydrogen) atoms. The number of nitrogens with zero attached hydrogens (tertiary/aromatic N) is 1. The number of piperidine rings is 2. The summed E-state index contributed by atoms with van der Waals surface area (Å²) in [5.74, 6) is -0.209. The van der Waals surface area contributed by atoms with E-state index in [2.05, 4.69) is 7.05 Å². The molecule has 4 rings (SSSR count). The number of quaternary nitrogens is 1. The van der Waals surface area contributed by atoms with Crippen LogP contribution < -0.4 is 0 Å². The first kappa shape index (κ1) is 20.1. The molecule has 4 nitrogen and oxygen atoms in total. The minimum atomic E-state index is -1.79. The number of esters is 1. The molecule has 2 heterocycles. The SMILES string of the molecule is C[N@+]12CCCC[C@@H]1[C@H](COC(=O)C(O)(c1ccccc1)c1ccccc1)CCC2. The zero-order valence-electron chi connectivity index (χ0n) is 17.3. The summed E-state index contributed by atoms with van der Waals surface area (Å²) in [7, 11) is 2.36. The minimum Gasteiger partial charge on any atom is -0.462 e. The number of hydrogen-bond donors (Lipinski definition) is 1. The Kier molecular flexibility index (Phi) is 5.75. The molecular weight excluding hydrogens is 362 g/mol. The molecule has 0 unspecified atom stereocenters. The van der Waals surface area contributed by atoms with Gasteiger partial charge in [0.05, 0.1) is 32.8 Å². The van der Waals surface area contributed by atoms with E-state index < -0.39 is 11.6 Å². The Morgan fingerprint density at radius 2 is 1.55 bits per heavy atom. The molecule has 0 aliphatic carbocycles. The van der Waals surface area contributed by atoms with Gasteiger partial charge in [-0.05, 0) is 36.8 Å². The molecule has 1 N–H and O–H groups in total. The molecule has 0 spiro atoms. The first-order chi connectivity index (χ1) is 14.0. The summed E-state index contributed by atoms with van der Waals surface area (Å²) < 4.78 is 6.97. The van der Waals surface area contributed by atoms with E-state index in [1.54, 1.807) is 24.3 Å². The van der Waals surface area contributed by atoms with Crippen molar-refractivity contribution in [3.05, 3.63) is 71.8 Å². The molecule has 2 aliphatic rings. The highest BCUT2D eigenvalue weighted by atomic mass is 16.5. The second-order valence-corrected chi connectivity index (χ2v) is 8.93. The molecule has 0 aromatic heterocycles. The standard InChI is InChI=1S/C25H32NO3/c1-26-17-9-8-16-23(26)20(11-10-18-26)19-29-24(27)25(28,21-12-4-2-5-13-21)22-14-6-3-7-15-22/h2-7,12-15,20,23,28H,8-11,16-19H2,1H3/q+1/t20-,23+,26+/m0/s1. The van der Waals surface area contributed by atoms with E-state index in [1.807, 2.05) is 36.4 Å². The number of hydrogen-bond acceptors (Lipinski definition) is 3. The maximum absolute atomic E-state index is 13.3. The van der Waals surface area contributed by atoms with Gasteiger partial charge in [0.1, 0.15) is 0 Å². The lowest BCUT2D eigenvalue weighted by atomic mass is 9.81. The van der Waals surface area contributed by atoms with Crippen LogP contribution in [0.5, 0.6) is 0 Å². The van der Waals surface area contributed by atoms with Crippen LogP contribution in [-0.2, 0) is 15.1 Å². The highest BCUT2D eigenvalue weighted by Crippen LogP contribution is 2.37. The first-order valence-electron chi connectivity index (χ1n) is 10.9. The fourth-order valence-electron chi connectivity index (χ4n) is 5.48. The van der Waals surface area contributed by atoms with E-state index >= 15 is 0 Å². The molecule has 2 fully saturated rings. The van der Waals surface area contributed by atoms with Gasteiger partial charge in [-0.3, -0.25) is 0 Å². The van der Waals surface area contributed by atoms with Gasteiger partial charge in [0.25, 0.3) is 0 Å². The van der Waals surface area contributed by atoms with Crippen molar-refractivity contribution in [1.29, 1.82) is 0 Å². The van der Waals surface area contributed by atoms with E-state index in [4.69, 9.17) is 4.74 Å². The monoisotopic (exact) mass is 394 g/mol. The van der Waals surface area contributed by atoms with Crippen LogP contribution in [0.25, 0.3) is 0 Å². The van der Waals surface area contributed by atoms with Gasteiger partial charge in [-0.1, -0.05) is 60.7 Å². The number of carbonyl (C=O) groups is 1. The largest absolute Gasteiger partial charge is 0.462 e. The van der Waals surface area contributed by atoms with Crippen molar-refractivity contribution in [3.63, 3.8) is 0 Å². The molecular formula is C25H32NO3+. The fourth-order valence-corrected chi connectivity index (χ4v) is 5.48. The Morgan fingerprint density at radius 3 is 2.17 bits per heavy atom. The van der Waals surface area contributed by atoms with E-state index in [0.717, 1.165) is 10.9 Å². The summed E-state index contributed by atoms with van der Waals surface area (Å²) in [4.78, 5) is 13.3. The predicted octanol–water partition coefficient (Wildman–Crippen LogP) is 3.87. The smallest absolute Gasteiger partial charge is 0.347 e. The highest BCUT2D eigenvalue weighted by Gasteiger charge is 2.46. The second-order valence-electron chi connectivity index (χ2n) is 8.93. The number of benzene rings is 2. The van der Waals surface area contributed by atoms with Gasteiger partial charge in [-0.25, -0.2) is 4.79 Å². The Labute approximate surface area is 173 Å². The molecule has 154 valence electrons. The van der Waals surface area contributed by atoms with Gasteiger partial charge in [0.15, 0.2) is 0 Å². The summed E-state index contributed by atoms with van der Waals surface area (Å²) >= 11 is 0. The van der Waals surface area contributed by atoms with Crippen LogP contribution in [0, 0.1) is 5.92 Å². The van der Waals surface area contributed by atoms with Crippen molar-refractivity contribution in [2.75, 3.05) is 26.7 Å². The number of aliphatic hydroxyl groups is 1. The Balaban J connectivity index is 1.55. The molecule has 4 heteroatoms. The third kappa shape index (κ3) is 3.84. The maximum atomic E-state index is 13.3. The van der Waals surface area contributed by atoms with E-state index in [0.29, 0.717) is 29.7 Å². The van der Waals surface area contributed by atoms with Crippen LogP contribution in [0.4, 0.5) is 0 Å². The van der Waals surface area contributed by atoms with E-state index in [1.165, 1.54) is 38.8 Å². The summed E-state index contributed by atoms with van der Waals surface area (Å²) in [6.07, 6.45) is 6.04. The average Bonchev–Trinajstić information content (AvgIpc) is 2.77. The molecule has 3 atom stereocenters. The van der Waals surface area contributed by atoms with Gasteiger partial charge in [0, 0.05) is 12.3 Å². The zero-order valence-corrected chi connectivity index (χ0v) is 17.3. The average molecular weight is 395 g/mol. The number of fused-ring (bicyclic) bond motifs is 1. The van der Waals surface area contributed by atoms with Gasteiger partial charge in [-0.15, -0.1) is 0 Å². The third-order valence-electron chi connectivity index (χ3n) is 7.11. The summed E-state index contributed by atoms with van der Waals surface area (Å²) in [6, 6.07) is 18.8. The zero-order chi connectivity index (χ0) is 20.3. The lowest BCUT2D eigenvalue weighted by molar-refractivity contribution is -0.947. The Bertz CT molecular complexity index is 779. The van der Waals surface area contributed by atoms with Gasteiger partial charge >= 0.3 is 5.97 Å². The Morgan fingerprint density at radius 1 is 0.966 bits per heavy atom. The molecule has 0 saturated carbocycles. The van der Waals surface area contributed by atoms with Crippen molar-refractivity contribution in [2.45, 2.75) is 43.7 Å². The molecule has 0 bridgehead atoms. The van der Waals surface area contributed by atoms with Crippen LogP contribution >= 0.6 is 0 Å². The van der Waals surface area contributed by atoms with Crippen molar-refractivity contribution in [2.24, 2.45) is 5.92 Å². The van der Waals surface area contributed by atoms with E-state index in [9.17, 15) is 9.90 Å². The normalized spacial score (nSPS) is 27.1. The van der Waals surface area contributed by atoms with Crippen molar-refractivity contribution in [3.8, 4) is 0 Å². The van der Waals surface area contributed by atoms with Crippen molar-refractivity contribution < 1.29 is 19.1 Å². The molecule has 2 aromatic rings. The lowest BCUT2D eigenvalue weighted by Gasteiger charge is -2.51. The maximum Gasteiger partial charge on any atom is 0.347 e. The molecule has 2 saturated heterocycles. The van der Waals surface area contributed by atoms with Gasteiger partial charge < -0.3 is 14.3 Å². The quantitative estimate of drug-likeness (QED) is 0.618. The predicted molar refractivity (Wildman–Crippen MR) is 113 cm³/mol. The molecule has 0 amide bonds. The van der Waals surface area contributed by atoms with Crippen LogP contribution in [0.2, 0.25) is 0 Å². The third-order valence-corrected chi connectivity index (χ3v) is 7.11. The van der Waals surface area contributed by atoms with Gasteiger partial charge in [0.2, 0.25) is 5.60 Å². The van der Waals surface area contributed by atoms with Crippen LogP contribution in [0.15, 0.2) is 60.7 Å². The number of rotatable bonds is 5. The molecule has 2 aliphatic heterocycles. The lowest BCUT2D eigenvalue weighted by Crippen LogP contribution is -2.61. The minimum absolute atomic E-state index is 0.369. The summed E-state index contributed by atoms with van der Waals surface area (Å²) in [6.45, 7) is 2.85. The van der Waals surface area contributed by atoms with E-state index in [-0.39, 0.29) is 0 Å². The van der Waals surface area contributed by atoms with Crippen LogP contribution in [0.3, 0.4) is 0 Å². The highest BCUT2D eigenvalue weighted by molar-refractivity contribution is 5.85. The Hall–Kier alpha value is -2.17. The summed E-state index contributed by atoms with van der Waals surface area (Å²) in [5, 5.41) is 11.6. The fraction of sp³-hybridized carbons (Fsp3) is 0.480. The second kappa shape index (κ2) is 8.29. The molecule has 0 radical (unpaired) electrons. The topological polar surface area (TPSA) is 46.5 Å². The van der Waals surface area contributed by atoms with Crippen molar-refractivity contribution in [1.82, 2.24) is 0 Å². The number of ether oxygens (including phenoxy) is 1. The van der Waals surface area contributed by atoms with Crippen LogP contribution in [-0.4, -0.2) is 48.3 Å². The van der Waals surface area contributed by atoms with Crippen molar-refractivity contribution >= 4 is 5.97 Å². The summed E-state index contributed by atoms with van der Waals surface area (Å²) in [5.41, 5.74) is -0.710. The molecule has 2 aromatic carbocycles. The number of carbonyl (C=O) groups excluding carboxylic acids is 1.